The molecule has 0 atom stereocenters. The summed E-state index contributed by atoms with van der Waals surface area (Å²) in [5.41, 5.74) is 0.592. The van der Waals surface area contributed by atoms with Crippen LogP contribution >= 0.6 is 0 Å². The Morgan fingerprint density at radius 3 is 2.11 bits per heavy atom. The molecule has 0 heterocycles. The molecule has 2 rings (SSSR count). The maximum Gasteiger partial charge on any atom is 0.172 e. The Balaban J connectivity index is 2.25. The lowest BCUT2D eigenvalue weighted by Crippen LogP contribution is -1.87. The van der Waals surface area contributed by atoms with Crippen LogP contribution in [0.5, 0.6) is 28.7 Å². The van der Waals surface area contributed by atoms with Gasteiger partial charge in [-0.05, 0) is 42.8 Å². The molecule has 0 saturated carbocycles. The number of hydrogen-bond donors (Lipinski definition) is 2. The quantitative estimate of drug-likeness (QED) is 0.816. The summed E-state index contributed by atoms with van der Waals surface area (Å²) in [5.74, 6) is 1.55. The topological polar surface area (TPSA) is 58.9 Å². The van der Waals surface area contributed by atoms with E-state index in [0.29, 0.717) is 11.3 Å². The van der Waals surface area contributed by atoms with Gasteiger partial charge in [0, 0.05) is 6.07 Å². The Hall–Kier alpha value is -2.36. The number of benzene rings is 2. The van der Waals surface area contributed by atoms with Crippen molar-refractivity contribution in [3.63, 3.8) is 0 Å². The number of phenols is 2. The van der Waals surface area contributed by atoms with Crippen LogP contribution in [0.25, 0.3) is 0 Å². The summed E-state index contributed by atoms with van der Waals surface area (Å²) in [6, 6.07) is 9.77. The normalized spacial score (nSPS) is 10.1. The number of methoxy groups -OCH3 is 1. The fourth-order valence-electron chi connectivity index (χ4n) is 1.51. The van der Waals surface area contributed by atoms with Crippen LogP contribution in [0.15, 0.2) is 36.4 Å². The van der Waals surface area contributed by atoms with Crippen LogP contribution in [0.3, 0.4) is 0 Å². The molecule has 2 aromatic carbocycles. The Labute approximate surface area is 105 Å². The van der Waals surface area contributed by atoms with Gasteiger partial charge in [0.15, 0.2) is 11.5 Å². The van der Waals surface area contributed by atoms with Crippen LogP contribution in [0, 0.1) is 6.92 Å². The Morgan fingerprint density at radius 2 is 1.50 bits per heavy atom. The summed E-state index contributed by atoms with van der Waals surface area (Å²) in [6.07, 6.45) is 0. The van der Waals surface area contributed by atoms with Crippen molar-refractivity contribution in [1.29, 1.82) is 0 Å². The van der Waals surface area contributed by atoms with E-state index in [1.165, 1.54) is 12.1 Å². The van der Waals surface area contributed by atoms with Crippen LogP contribution < -0.4 is 9.47 Å². The lowest BCUT2D eigenvalue weighted by molar-refractivity contribution is 0.399. The van der Waals surface area contributed by atoms with E-state index in [1.54, 1.807) is 38.3 Å². The van der Waals surface area contributed by atoms with Gasteiger partial charge in [0.25, 0.3) is 0 Å². The monoisotopic (exact) mass is 246 g/mol. The molecule has 0 bridgehead atoms. The zero-order chi connectivity index (χ0) is 13.1. The van der Waals surface area contributed by atoms with Gasteiger partial charge >= 0.3 is 0 Å². The van der Waals surface area contributed by atoms with E-state index < -0.39 is 0 Å². The van der Waals surface area contributed by atoms with E-state index in [2.05, 4.69) is 0 Å². The van der Waals surface area contributed by atoms with Crippen molar-refractivity contribution in [2.75, 3.05) is 7.11 Å². The van der Waals surface area contributed by atoms with Crippen molar-refractivity contribution in [2.45, 2.75) is 6.92 Å². The third-order valence-corrected chi connectivity index (χ3v) is 2.56. The third-order valence-electron chi connectivity index (χ3n) is 2.56. The molecule has 0 aliphatic rings. The van der Waals surface area contributed by atoms with Crippen LogP contribution in [0.2, 0.25) is 0 Å². The van der Waals surface area contributed by atoms with E-state index in [0.717, 1.165) is 5.75 Å². The van der Waals surface area contributed by atoms with E-state index in [9.17, 15) is 10.2 Å². The number of hydrogen-bond acceptors (Lipinski definition) is 4. The minimum absolute atomic E-state index is 0.0129. The molecule has 0 unspecified atom stereocenters. The smallest absolute Gasteiger partial charge is 0.172 e. The molecule has 2 aromatic rings. The van der Waals surface area contributed by atoms with Crippen molar-refractivity contribution in [3.8, 4) is 28.7 Å². The highest BCUT2D eigenvalue weighted by atomic mass is 16.5. The fraction of sp³-hybridized carbons (Fsp3) is 0.143. The predicted octanol–water partition coefficient (Wildman–Crippen LogP) is 3.21. The van der Waals surface area contributed by atoms with Gasteiger partial charge in [-0.2, -0.15) is 0 Å². The van der Waals surface area contributed by atoms with Gasteiger partial charge in [0.1, 0.15) is 17.2 Å². The first-order chi connectivity index (χ1) is 8.60. The number of phenolic OH excluding ortho intramolecular Hbond substituents is 2. The summed E-state index contributed by atoms with van der Waals surface area (Å²) >= 11 is 0. The number of rotatable bonds is 3. The van der Waals surface area contributed by atoms with Gasteiger partial charge in [-0.3, -0.25) is 0 Å². The van der Waals surface area contributed by atoms with Crippen LogP contribution in [-0.4, -0.2) is 17.3 Å². The molecule has 4 nitrogen and oxygen atoms in total. The number of aryl methyl sites for hydroxylation is 1. The number of aromatic hydroxyl groups is 2. The van der Waals surface area contributed by atoms with Gasteiger partial charge in [-0.25, -0.2) is 0 Å². The second kappa shape index (κ2) is 4.87. The molecule has 94 valence electrons. The van der Waals surface area contributed by atoms with Crippen molar-refractivity contribution in [1.82, 2.24) is 0 Å². The summed E-state index contributed by atoms with van der Waals surface area (Å²) < 4.78 is 10.5. The molecule has 0 saturated heterocycles. The second-order valence-electron chi connectivity index (χ2n) is 3.88. The molecule has 0 aromatic heterocycles. The van der Waals surface area contributed by atoms with Gasteiger partial charge < -0.3 is 19.7 Å². The number of ether oxygens (including phenoxy) is 2. The van der Waals surface area contributed by atoms with Crippen molar-refractivity contribution < 1.29 is 19.7 Å². The third kappa shape index (κ3) is 2.48. The molecule has 2 N–H and O–H groups in total. The summed E-state index contributed by atoms with van der Waals surface area (Å²) in [4.78, 5) is 0. The molecule has 0 spiro atoms. The van der Waals surface area contributed by atoms with E-state index in [1.807, 2.05) is 0 Å². The molecule has 4 heteroatoms. The zero-order valence-electron chi connectivity index (χ0n) is 10.2. The summed E-state index contributed by atoms with van der Waals surface area (Å²) in [7, 11) is 1.58. The molecule has 0 aliphatic heterocycles. The molecule has 0 amide bonds. The average molecular weight is 246 g/mol. The Kier molecular flexibility index (Phi) is 3.28. The minimum Gasteiger partial charge on any atom is -0.508 e. The zero-order valence-corrected chi connectivity index (χ0v) is 10.2. The predicted molar refractivity (Wildman–Crippen MR) is 67.6 cm³/mol. The van der Waals surface area contributed by atoms with E-state index >= 15 is 0 Å². The standard InChI is InChI=1S/C14H14O4/c1-9-7-13(16)14(8-12(9)15)18-11-5-3-10(17-2)4-6-11/h3-8,15-16H,1-2H3. The first-order valence-corrected chi connectivity index (χ1v) is 5.44. The lowest BCUT2D eigenvalue weighted by atomic mass is 10.2. The molecule has 0 radical (unpaired) electrons. The van der Waals surface area contributed by atoms with Crippen LogP contribution in [0.4, 0.5) is 0 Å². The molecular formula is C14H14O4. The van der Waals surface area contributed by atoms with Crippen LogP contribution in [0.1, 0.15) is 5.56 Å². The van der Waals surface area contributed by atoms with Gasteiger partial charge in [-0.1, -0.05) is 0 Å². The second-order valence-corrected chi connectivity index (χ2v) is 3.88. The maximum absolute atomic E-state index is 9.72. The maximum atomic E-state index is 9.72. The van der Waals surface area contributed by atoms with Crippen LogP contribution in [-0.2, 0) is 0 Å². The van der Waals surface area contributed by atoms with Crippen molar-refractivity contribution >= 4 is 0 Å². The average Bonchev–Trinajstić information content (AvgIpc) is 2.37. The van der Waals surface area contributed by atoms with Gasteiger partial charge in [0.2, 0.25) is 0 Å². The molecule has 0 fully saturated rings. The Bertz CT molecular complexity index is 546. The molecule has 18 heavy (non-hydrogen) atoms. The first-order valence-electron chi connectivity index (χ1n) is 5.44. The summed E-state index contributed by atoms with van der Waals surface area (Å²) in [5, 5.41) is 19.3. The molecular weight excluding hydrogens is 232 g/mol. The Morgan fingerprint density at radius 1 is 0.889 bits per heavy atom. The van der Waals surface area contributed by atoms with Gasteiger partial charge in [0.05, 0.1) is 7.11 Å². The van der Waals surface area contributed by atoms with Crippen molar-refractivity contribution in [2.24, 2.45) is 0 Å². The van der Waals surface area contributed by atoms with Crippen molar-refractivity contribution in [3.05, 3.63) is 42.0 Å². The minimum atomic E-state index is -0.0129. The highest BCUT2D eigenvalue weighted by molar-refractivity contribution is 5.50. The van der Waals surface area contributed by atoms with E-state index in [-0.39, 0.29) is 17.2 Å². The fourth-order valence-corrected chi connectivity index (χ4v) is 1.51. The first kappa shape index (κ1) is 12.1. The molecule has 0 aliphatic carbocycles. The lowest BCUT2D eigenvalue weighted by Gasteiger charge is -2.10. The highest BCUT2D eigenvalue weighted by Crippen LogP contribution is 2.36. The van der Waals surface area contributed by atoms with Gasteiger partial charge in [-0.15, -0.1) is 0 Å². The largest absolute Gasteiger partial charge is 0.508 e. The van der Waals surface area contributed by atoms with E-state index in [4.69, 9.17) is 9.47 Å². The highest BCUT2D eigenvalue weighted by Gasteiger charge is 2.08. The summed E-state index contributed by atoms with van der Waals surface area (Å²) in [6.45, 7) is 1.70. The SMILES string of the molecule is COc1ccc(Oc2cc(O)c(C)cc2O)cc1.